The van der Waals surface area contributed by atoms with Crippen LogP contribution in [0.15, 0.2) is 24.3 Å². The summed E-state index contributed by atoms with van der Waals surface area (Å²) in [6.45, 7) is 0. The van der Waals surface area contributed by atoms with E-state index >= 15 is 0 Å². The zero-order valence-electron chi connectivity index (χ0n) is 8.31. The number of benzene rings is 1. The molecule has 0 aliphatic carbocycles. The maximum absolute atomic E-state index is 5.60. The van der Waals surface area contributed by atoms with E-state index in [1.54, 1.807) is 24.3 Å². The number of thiocarbonyl (C=S) groups is 2. The Morgan fingerprint density at radius 2 is 1.75 bits per heavy atom. The van der Waals surface area contributed by atoms with Crippen LogP contribution in [0.2, 0.25) is 0 Å². The fourth-order valence-electron chi connectivity index (χ4n) is 1.000. The second-order valence-corrected chi connectivity index (χ2v) is 3.68. The molecule has 0 heterocycles. The van der Waals surface area contributed by atoms with E-state index in [0.717, 1.165) is 5.69 Å². The van der Waals surface area contributed by atoms with E-state index in [1.165, 1.54) is 5.01 Å². The molecule has 0 spiro atoms. The number of nitrogens with one attached hydrogen (secondary N) is 2. The molecule has 0 saturated heterocycles. The predicted octanol–water partition coefficient (Wildman–Crippen LogP) is -0.230. The van der Waals surface area contributed by atoms with E-state index in [-0.39, 0.29) is 5.11 Å². The highest BCUT2D eigenvalue weighted by atomic mass is 32.1. The van der Waals surface area contributed by atoms with Crippen LogP contribution in [0.4, 0.5) is 11.4 Å². The minimum absolute atomic E-state index is 0.0971. The second-order valence-electron chi connectivity index (χ2n) is 2.85. The van der Waals surface area contributed by atoms with Gasteiger partial charge in [-0.3, -0.25) is 5.01 Å². The van der Waals surface area contributed by atoms with Crippen LogP contribution in [-0.4, -0.2) is 10.2 Å². The summed E-state index contributed by atoms with van der Waals surface area (Å²) in [7, 11) is 0. The summed E-state index contributed by atoms with van der Waals surface area (Å²) in [5, 5.41) is 4.49. The standard InChI is InChI=1S/C8H12N6S2/c9-7(15)14(11)6-3-1-5(2-4-6)12-8(16)13-10/h1-4H,10-11H2,(H2,9,15)(H2,12,13,16). The van der Waals surface area contributed by atoms with E-state index in [9.17, 15) is 0 Å². The SMILES string of the molecule is NNC(=S)Nc1ccc(N(N)C(N)=S)cc1. The summed E-state index contributed by atoms with van der Waals surface area (Å²) in [6.07, 6.45) is 0. The third-order valence-electron chi connectivity index (χ3n) is 1.77. The Morgan fingerprint density at radius 1 is 1.19 bits per heavy atom. The molecule has 0 aromatic heterocycles. The number of nitrogens with two attached hydrogens (primary N) is 3. The van der Waals surface area contributed by atoms with Crippen LogP contribution in [0, 0.1) is 0 Å². The van der Waals surface area contributed by atoms with E-state index in [2.05, 4.69) is 10.7 Å². The molecule has 16 heavy (non-hydrogen) atoms. The quantitative estimate of drug-likeness (QED) is 0.281. The van der Waals surface area contributed by atoms with Gasteiger partial charge in [0.2, 0.25) is 0 Å². The van der Waals surface area contributed by atoms with Crippen molar-refractivity contribution >= 4 is 46.0 Å². The summed E-state index contributed by atoms with van der Waals surface area (Å²) in [5.41, 5.74) is 9.16. The molecule has 86 valence electrons. The average Bonchev–Trinajstić information content (AvgIpc) is 2.28. The number of hydrazine groups is 2. The molecule has 8 N–H and O–H groups in total. The van der Waals surface area contributed by atoms with Crippen molar-refractivity contribution < 1.29 is 0 Å². The zero-order chi connectivity index (χ0) is 12.1. The fraction of sp³-hybridized carbons (Fsp3) is 0. The van der Waals surface area contributed by atoms with Gasteiger partial charge in [0, 0.05) is 5.69 Å². The Morgan fingerprint density at radius 3 is 2.19 bits per heavy atom. The van der Waals surface area contributed by atoms with Crippen LogP contribution < -0.4 is 33.2 Å². The maximum atomic E-state index is 5.60. The molecular weight excluding hydrogens is 244 g/mol. The van der Waals surface area contributed by atoms with E-state index in [4.69, 9.17) is 41.9 Å². The van der Waals surface area contributed by atoms with Gasteiger partial charge in [-0.2, -0.15) is 0 Å². The third kappa shape index (κ3) is 3.28. The largest absolute Gasteiger partial charge is 0.375 e. The Labute approximate surface area is 104 Å². The molecule has 8 heteroatoms. The van der Waals surface area contributed by atoms with Crippen molar-refractivity contribution in [3.63, 3.8) is 0 Å². The first-order chi connectivity index (χ1) is 7.54. The molecule has 0 atom stereocenters. The smallest absolute Gasteiger partial charge is 0.185 e. The Balaban J connectivity index is 2.75. The van der Waals surface area contributed by atoms with E-state index in [0.29, 0.717) is 10.8 Å². The molecule has 0 unspecified atom stereocenters. The van der Waals surface area contributed by atoms with Crippen LogP contribution >= 0.6 is 24.4 Å². The first kappa shape index (κ1) is 12.6. The number of nitrogens with zero attached hydrogens (tertiary/aromatic N) is 1. The molecular formula is C8H12N6S2. The van der Waals surface area contributed by atoms with Crippen molar-refractivity contribution in [2.75, 3.05) is 10.3 Å². The molecule has 1 aromatic carbocycles. The first-order valence-electron chi connectivity index (χ1n) is 4.26. The van der Waals surface area contributed by atoms with Crippen LogP contribution in [0.3, 0.4) is 0 Å². The molecule has 1 aromatic rings. The third-order valence-corrected chi connectivity index (χ3v) is 2.19. The van der Waals surface area contributed by atoms with Crippen LogP contribution in [0.5, 0.6) is 0 Å². The monoisotopic (exact) mass is 256 g/mol. The topological polar surface area (TPSA) is 105 Å². The molecule has 0 aliphatic heterocycles. The minimum Gasteiger partial charge on any atom is -0.375 e. The predicted molar refractivity (Wildman–Crippen MR) is 73.4 cm³/mol. The van der Waals surface area contributed by atoms with Crippen molar-refractivity contribution in [3.8, 4) is 0 Å². The summed E-state index contributed by atoms with van der Waals surface area (Å²) in [5.74, 6) is 10.7. The summed E-state index contributed by atoms with van der Waals surface area (Å²) in [4.78, 5) is 0. The average molecular weight is 256 g/mol. The van der Waals surface area contributed by atoms with Gasteiger partial charge in [0.1, 0.15) is 0 Å². The number of hydrogen-bond donors (Lipinski definition) is 5. The Kier molecular flexibility index (Phi) is 4.38. The highest BCUT2D eigenvalue weighted by molar-refractivity contribution is 7.80. The van der Waals surface area contributed by atoms with Gasteiger partial charge in [-0.15, -0.1) is 0 Å². The number of hydrogen-bond acceptors (Lipinski definition) is 4. The lowest BCUT2D eigenvalue weighted by atomic mass is 10.3. The summed E-state index contributed by atoms with van der Waals surface area (Å²) >= 11 is 9.58. The number of rotatable bonds is 2. The van der Waals surface area contributed by atoms with Crippen molar-refractivity contribution in [2.45, 2.75) is 0 Å². The minimum atomic E-state index is 0.0971. The lowest BCUT2D eigenvalue weighted by Gasteiger charge is -2.16. The second kappa shape index (κ2) is 5.56. The van der Waals surface area contributed by atoms with Gasteiger partial charge in [0.15, 0.2) is 10.2 Å². The van der Waals surface area contributed by atoms with E-state index < -0.39 is 0 Å². The van der Waals surface area contributed by atoms with Gasteiger partial charge in [0.05, 0.1) is 5.69 Å². The molecule has 0 aliphatic rings. The van der Waals surface area contributed by atoms with Crippen LogP contribution in [-0.2, 0) is 0 Å². The molecule has 0 bridgehead atoms. The number of anilines is 2. The molecule has 1 rings (SSSR count). The lowest BCUT2D eigenvalue weighted by molar-refractivity contribution is 1.04. The van der Waals surface area contributed by atoms with Crippen LogP contribution in [0.1, 0.15) is 0 Å². The Hall–Kier alpha value is -1.48. The highest BCUT2D eigenvalue weighted by Gasteiger charge is 2.03. The van der Waals surface area contributed by atoms with Gasteiger partial charge >= 0.3 is 0 Å². The zero-order valence-corrected chi connectivity index (χ0v) is 9.94. The highest BCUT2D eigenvalue weighted by Crippen LogP contribution is 2.15. The normalized spacial score (nSPS) is 9.38. The lowest BCUT2D eigenvalue weighted by Crippen LogP contribution is -2.41. The fourth-order valence-corrected chi connectivity index (χ4v) is 1.22. The van der Waals surface area contributed by atoms with Crippen molar-refractivity contribution in [1.82, 2.24) is 5.43 Å². The van der Waals surface area contributed by atoms with Gasteiger partial charge in [0.25, 0.3) is 0 Å². The molecule has 0 saturated carbocycles. The Bertz CT molecular complexity index is 390. The summed E-state index contributed by atoms with van der Waals surface area (Å²) < 4.78 is 0. The molecule has 0 radical (unpaired) electrons. The van der Waals surface area contributed by atoms with Gasteiger partial charge < -0.3 is 16.5 Å². The summed E-state index contributed by atoms with van der Waals surface area (Å²) in [6, 6.07) is 7.05. The maximum Gasteiger partial charge on any atom is 0.185 e. The molecule has 0 amide bonds. The van der Waals surface area contributed by atoms with Crippen LogP contribution in [0.25, 0.3) is 0 Å². The van der Waals surface area contributed by atoms with Crippen molar-refractivity contribution in [1.29, 1.82) is 0 Å². The van der Waals surface area contributed by atoms with Gasteiger partial charge in [-0.25, -0.2) is 11.7 Å². The molecule has 0 fully saturated rings. The first-order valence-corrected chi connectivity index (χ1v) is 5.08. The van der Waals surface area contributed by atoms with Crippen molar-refractivity contribution in [2.24, 2.45) is 17.4 Å². The van der Waals surface area contributed by atoms with E-state index in [1.807, 2.05) is 0 Å². The molecule has 6 nitrogen and oxygen atoms in total. The van der Waals surface area contributed by atoms with Gasteiger partial charge in [-0.1, -0.05) is 0 Å². The van der Waals surface area contributed by atoms with Gasteiger partial charge in [-0.05, 0) is 48.7 Å². The van der Waals surface area contributed by atoms with Crippen molar-refractivity contribution in [3.05, 3.63) is 24.3 Å².